The van der Waals surface area contributed by atoms with Gasteiger partial charge in [-0.05, 0) is 35.8 Å². The first-order chi connectivity index (χ1) is 8.06. The van der Waals surface area contributed by atoms with Crippen molar-refractivity contribution in [3.8, 4) is 0 Å². The number of halogens is 2. The van der Waals surface area contributed by atoms with E-state index in [0.29, 0.717) is 16.7 Å². The minimum atomic E-state index is -0.0881. The predicted octanol–water partition coefficient (Wildman–Crippen LogP) is 3.97. The predicted molar refractivity (Wildman–Crippen MR) is 70.2 cm³/mol. The minimum absolute atomic E-state index is 0.0881. The number of anilines is 1. The van der Waals surface area contributed by atoms with Crippen LogP contribution in [0.5, 0.6) is 0 Å². The Balaban J connectivity index is 2.15. The summed E-state index contributed by atoms with van der Waals surface area (Å²) in [5.41, 5.74) is 0. The summed E-state index contributed by atoms with van der Waals surface area (Å²) in [6, 6.07) is 1.69. The summed E-state index contributed by atoms with van der Waals surface area (Å²) in [5, 5.41) is 3.70. The van der Waals surface area contributed by atoms with Crippen LogP contribution in [-0.4, -0.2) is 9.97 Å². The monoisotopic (exact) mass is 315 g/mol. The minimum Gasteiger partial charge on any atom is -0.444 e. The van der Waals surface area contributed by atoms with Crippen LogP contribution in [0.15, 0.2) is 27.3 Å². The second-order valence-electron chi connectivity index (χ2n) is 3.66. The van der Waals surface area contributed by atoms with Crippen LogP contribution in [-0.2, 0) is 0 Å². The van der Waals surface area contributed by atoms with E-state index in [1.54, 1.807) is 18.5 Å². The molecule has 2 aromatic rings. The molecule has 0 saturated carbocycles. The summed E-state index contributed by atoms with van der Waals surface area (Å²) in [6.07, 6.45) is 3.37. The average molecular weight is 317 g/mol. The quantitative estimate of drug-likeness (QED) is 0.931. The number of rotatable bonds is 3. The highest BCUT2D eigenvalue weighted by Gasteiger charge is 2.13. The third kappa shape index (κ3) is 2.98. The normalized spacial score (nSPS) is 12.5. The van der Waals surface area contributed by atoms with Gasteiger partial charge in [-0.2, -0.15) is 0 Å². The molecule has 1 unspecified atom stereocenters. The summed E-state index contributed by atoms with van der Waals surface area (Å²) >= 11 is 9.37. The van der Waals surface area contributed by atoms with E-state index in [4.69, 9.17) is 16.0 Å². The third-order valence-corrected chi connectivity index (χ3v) is 2.89. The van der Waals surface area contributed by atoms with Crippen molar-refractivity contribution in [1.82, 2.24) is 9.97 Å². The Morgan fingerprint density at radius 1 is 1.41 bits per heavy atom. The zero-order valence-corrected chi connectivity index (χ0v) is 11.7. The molecule has 0 aliphatic carbocycles. The summed E-state index contributed by atoms with van der Waals surface area (Å²) in [4.78, 5) is 8.34. The standard InChI is InChI=1S/C11H11BrClN3O/c1-6-4-15-11(17-6)7(2)16-10-9(13)3-8(12)5-14-10/h3-5,7H,1-2H3,(H,14,16). The summed E-state index contributed by atoms with van der Waals surface area (Å²) < 4.78 is 6.27. The number of nitrogens with zero attached hydrogens (tertiary/aromatic N) is 2. The molecule has 0 aromatic carbocycles. The van der Waals surface area contributed by atoms with Gasteiger partial charge in [0.2, 0.25) is 5.89 Å². The van der Waals surface area contributed by atoms with Crippen molar-refractivity contribution in [1.29, 1.82) is 0 Å². The highest BCUT2D eigenvalue weighted by atomic mass is 79.9. The number of pyridine rings is 1. The smallest absolute Gasteiger partial charge is 0.216 e. The SMILES string of the molecule is Cc1cnc(C(C)Nc2ncc(Br)cc2Cl)o1. The second kappa shape index (κ2) is 5.06. The number of aromatic nitrogens is 2. The summed E-state index contributed by atoms with van der Waals surface area (Å²) in [7, 11) is 0. The molecule has 0 saturated heterocycles. The van der Waals surface area contributed by atoms with Gasteiger partial charge in [-0.25, -0.2) is 9.97 Å². The van der Waals surface area contributed by atoms with Crippen molar-refractivity contribution in [2.45, 2.75) is 19.9 Å². The molecule has 0 aliphatic heterocycles. The van der Waals surface area contributed by atoms with Gasteiger partial charge in [0.05, 0.1) is 11.2 Å². The molecule has 0 spiro atoms. The van der Waals surface area contributed by atoms with Crippen LogP contribution in [0, 0.1) is 6.92 Å². The number of oxazole rings is 1. The first kappa shape index (κ1) is 12.4. The molecule has 4 nitrogen and oxygen atoms in total. The molecule has 2 rings (SSSR count). The molecule has 90 valence electrons. The zero-order valence-electron chi connectivity index (χ0n) is 9.37. The summed E-state index contributed by atoms with van der Waals surface area (Å²) in [6.45, 7) is 3.79. The number of nitrogens with one attached hydrogen (secondary N) is 1. The van der Waals surface area contributed by atoms with Crippen LogP contribution in [0.2, 0.25) is 5.02 Å². The molecular weight excluding hydrogens is 305 g/mol. The maximum atomic E-state index is 6.06. The van der Waals surface area contributed by atoms with Crippen LogP contribution in [0.3, 0.4) is 0 Å². The zero-order chi connectivity index (χ0) is 12.4. The maximum absolute atomic E-state index is 6.06. The van der Waals surface area contributed by atoms with Crippen molar-refractivity contribution in [3.05, 3.63) is 39.6 Å². The molecule has 0 fully saturated rings. The average Bonchev–Trinajstić information content (AvgIpc) is 2.69. The van der Waals surface area contributed by atoms with Crippen molar-refractivity contribution >= 4 is 33.3 Å². The van der Waals surface area contributed by atoms with Crippen molar-refractivity contribution in [3.63, 3.8) is 0 Å². The van der Waals surface area contributed by atoms with Gasteiger partial charge in [0.25, 0.3) is 0 Å². The Hall–Kier alpha value is -1.07. The lowest BCUT2D eigenvalue weighted by atomic mass is 10.3. The van der Waals surface area contributed by atoms with Gasteiger partial charge >= 0.3 is 0 Å². The molecule has 1 N–H and O–H groups in total. The van der Waals surface area contributed by atoms with Gasteiger partial charge in [0.15, 0.2) is 0 Å². The van der Waals surface area contributed by atoms with Gasteiger partial charge in [-0.3, -0.25) is 0 Å². The molecule has 6 heteroatoms. The molecule has 0 radical (unpaired) electrons. The first-order valence-electron chi connectivity index (χ1n) is 5.06. The molecule has 2 aromatic heterocycles. The van der Waals surface area contributed by atoms with Crippen molar-refractivity contribution in [2.75, 3.05) is 5.32 Å². The Morgan fingerprint density at radius 3 is 2.76 bits per heavy atom. The van der Waals surface area contributed by atoms with Gasteiger partial charge in [0.1, 0.15) is 17.6 Å². The number of hydrogen-bond donors (Lipinski definition) is 1. The topological polar surface area (TPSA) is 51.0 Å². The largest absolute Gasteiger partial charge is 0.444 e. The van der Waals surface area contributed by atoms with Crippen LogP contribution in [0.25, 0.3) is 0 Å². The molecule has 0 amide bonds. The molecule has 1 atom stereocenters. The van der Waals surface area contributed by atoms with Crippen LogP contribution < -0.4 is 5.32 Å². The van der Waals surface area contributed by atoms with E-state index in [1.807, 2.05) is 13.8 Å². The van der Waals surface area contributed by atoms with Gasteiger partial charge in [-0.1, -0.05) is 11.6 Å². The Kier molecular flexibility index (Phi) is 3.69. The van der Waals surface area contributed by atoms with Gasteiger partial charge < -0.3 is 9.73 Å². The van der Waals surface area contributed by atoms with Crippen LogP contribution in [0.4, 0.5) is 5.82 Å². The van der Waals surface area contributed by atoms with E-state index in [-0.39, 0.29) is 6.04 Å². The molecule has 17 heavy (non-hydrogen) atoms. The molecule has 0 aliphatic rings. The van der Waals surface area contributed by atoms with E-state index in [0.717, 1.165) is 10.2 Å². The third-order valence-electron chi connectivity index (χ3n) is 2.17. The van der Waals surface area contributed by atoms with Gasteiger partial charge in [0, 0.05) is 10.7 Å². The fourth-order valence-corrected chi connectivity index (χ4v) is 2.04. The summed E-state index contributed by atoms with van der Waals surface area (Å²) in [5.74, 6) is 2.00. The lowest BCUT2D eigenvalue weighted by Crippen LogP contribution is -2.08. The van der Waals surface area contributed by atoms with E-state index in [1.165, 1.54) is 0 Å². The van der Waals surface area contributed by atoms with Crippen molar-refractivity contribution < 1.29 is 4.42 Å². The fraction of sp³-hybridized carbons (Fsp3) is 0.273. The van der Waals surface area contributed by atoms with Crippen LogP contribution in [0.1, 0.15) is 24.6 Å². The Labute approximate surface area is 113 Å². The first-order valence-corrected chi connectivity index (χ1v) is 6.23. The lowest BCUT2D eigenvalue weighted by molar-refractivity contribution is 0.453. The number of aryl methyl sites for hydroxylation is 1. The van der Waals surface area contributed by atoms with E-state index in [9.17, 15) is 0 Å². The molecule has 0 bridgehead atoms. The fourth-order valence-electron chi connectivity index (χ4n) is 1.36. The second-order valence-corrected chi connectivity index (χ2v) is 4.98. The Bertz CT molecular complexity index is 529. The lowest BCUT2D eigenvalue weighted by Gasteiger charge is -2.12. The highest BCUT2D eigenvalue weighted by molar-refractivity contribution is 9.10. The molecular formula is C11H11BrClN3O. The highest BCUT2D eigenvalue weighted by Crippen LogP contribution is 2.26. The Morgan fingerprint density at radius 2 is 2.18 bits per heavy atom. The van der Waals surface area contributed by atoms with E-state index < -0.39 is 0 Å². The van der Waals surface area contributed by atoms with Crippen LogP contribution >= 0.6 is 27.5 Å². The van der Waals surface area contributed by atoms with E-state index >= 15 is 0 Å². The molecule has 2 heterocycles. The van der Waals surface area contributed by atoms with Crippen molar-refractivity contribution in [2.24, 2.45) is 0 Å². The maximum Gasteiger partial charge on any atom is 0.216 e. The van der Waals surface area contributed by atoms with Gasteiger partial charge in [-0.15, -0.1) is 0 Å². The van der Waals surface area contributed by atoms with E-state index in [2.05, 4.69) is 31.2 Å². The number of hydrogen-bond acceptors (Lipinski definition) is 4.